The molecule has 2 aromatic carbocycles. The van der Waals surface area contributed by atoms with Crippen LogP contribution in [0.4, 0.5) is 0 Å². The van der Waals surface area contributed by atoms with Crippen LogP contribution in [0.15, 0.2) is 48.5 Å². The summed E-state index contributed by atoms with van der Waals surface area (Å²) in [6.45, 7) is 0. The van der Waals surface area contributed by atoms with Crippen LogP contribution in [0.25, 0.3) is 0 Å². The van der Waals surface area contributed by atoms with Crippen LogP contribution < -0.4 is 0 Å². The first-order valence-corrected chi connectivity index (χ1v) is 7.97. The Labute approximate surface area is 129 Å². The van der Waals surface area contributed by atoms with Gasteiger partial charge in [-0.25, -0.2) is 0 Å². The number of rotatable bonds is 3. The standard InChI is InChI=1S/C19H17ClO/c20-14-6-3-4-12(10-14)11-17(21)19-16-9-8-13-5-1-2-7-15(13)18(16)19/h1-7,10,16,18-19H,8-9,11H2. The maximum absolute atomic E-state index is 12.6. The molecule has 0 saturated heterocycles. The van der Waals surface area contributed by atoms with E-state index in [0.717, 1.165) is 18.4 Å². The molecular weight excluding hydrogens is 280 g/mol. The zero-order valence-corrected chi connectivity index (χ0v) is 12.5. The summed E-state index contributed by atoms with van der Waals surface area (Å²) in [5.41, 5.74) is 3.89. The highest BCUT2D eigenvalue weighted by Crippen LogP contribution is 2.60. The number of ketones is 1. The van der Waals surface area contributed by atoms with Gasteiger partial charge in [-0.05, 0) is 53.5 Å². The van der Waals surface area contributed by atoms with E-state index in [0.29, 0.717) is 29.1 Å². The molecule has 3 unspecified atom stereocenters. The Morgan fingerprint density at radius 2 is 2.00 bits per heavy atom. The fraction of sp³-hybridized carbons (Fsp3) is 0.316. The number of benzene rings is 2. The molecule has 4 rings (SSSR count). The number of carbonyl (C=O) groups excluding carboxylic acids is 1. The van der Waals surface area contributed by atoms with Crippen molar-refractivity contribution in [2.45, 2.75) is 25.2 Å². The second-order valence-corrected chi connectivity index (χ2v) is 6.66. The molecule has 0 heterocycles. The SMILES string of the molecule is O=C(Cc1cccc(Cl)c1)C1C2CCc3ccccc3C21. The first kappa shape index (κ1) is 13.1. The molecule has 2 aliphatic rings. The largest absolute Gasteiger partial charge is 0.299 e. The molecule has 0 radical (unpaired) electrons. The van der Waals surface area contributed by atoms with Gasteiger partial charge >= 0.3 is 0 Å². The van der Waals surface area contributed by atoms with E-state index < -0.39 is 0 Å². The second-order valence-electron chi connectivity index (χ2n) is 6.23. The smallest absolute Gasteiger partial charge is 0.141 e. The molecule has 1 saturated carbocycles. The van der Waals surface area contributed by atoms with Gasteiger partial charge in [0.15, 0.2) is 0 Å². The third kappa shape index (κ3) is 2.30. The van der Waals surface area contributed by atoms with Crippen LogP contribution in [-0.2, 0) is 17.6 Å². The van der Waals surface area contributed by atoms with Crippen molar-refractivity contribution in [2.24, 2.45) is 11.8 Å². The molecule has 3 atom stereocenters. The molecule has 0 amide bonds. The minimum absolute atomic E-state index is 0.229. The fourth-order valence-electron chi connectivity index (χ4n) is 3.97. The minimum Gasteiger partial charge on any atom is -0.299 e. The van der Waals surface area contributed by atoms with Crippen LogP contribution in [0.5, 0.6) is 0 Å². The lowest BCUT2D eigenvalue weighted by Crippen LogP contribution is -2.07. The lowest BCUT2D eigenvalue weighted by Gasteiger charge is -2.13. The van der Waals surface area contributed by atoms with E-state index in [-0.39, 0.29) is 5.92 Å². The van der Waals surface area contributed by atoms with Gasteiger partial charge in [-0.15, -0.1) is 0 Å². The number of carbonyl (C=O) groups is 1. The normalized spacial score (nSPS) is 25.9. The Hall–Kier alpha value is -1.60. The molecule has 2 aliphatic carbocycles. The van der Waals surface area contributed by atoms with E-state index in [9.17, 15) is 4.79 Å². The van der Waals surface area contributed by atoms with Crippen LogP contribution in [0.1, 0.15) is 29.0 Å². The maximum atomic E-state index is 12.6. The molecule has 0 aromatic heterocycles. The van der Waals surface area contributed by atoms with Crippen LogP contribution in [0.3, 0.4) is 0 Å². The van der Waals surface area contributed by atoms with E-state index in [4.69, 9.17) is 11.6 Å². The van der Waals surface area contributed by atoms with E-state index >= 15 is 0 Å². The van der Waals surface area contributed by atoms with Crippen molar-refractivity contribution in [1.82, 2.24) is 0 Å². The lowest BCUT2D eigenvalue weighted by molar-refractivity contribution is -0.120. The summed E-state index contributed by atoms with van der Waals surface area (Å²) < 4.78 is 0. The van der Waals surface area contributed by atoms with Crippen LogP contribution >= 0.6 is 11.6 Å². The lowest BCUT2D eigenvalue weighted by atomic mass is 9.92. The van der Waals surface area contributed by atoms with Gasteiger partial charge in [-0.3, -0.25) is 4.79 Å². The zero-order chi connectivity index (χ0) is 14.4. The van der Waals surface area contributed by atoms with Crippen molar-refractivity contribution in [3.8, 4) is 0 Å². The highest BCUT2D eigenvalue weighted by atomic mass is 35.5. The first-order valence-electron chi connectivity index (χ1n) is 7.59. The number of hydrogen-bond donors (Lipinski definition) is 0. The van der Waals surface area contributed by atoms with Gasteiger partial charge in [0.2, 0.25) is 0 Å². The average molecular weight is 297 g/mol. The van der Waals surface area contributed by atoms with Gasteiger partial charge in [-0.2, -0.15) is 0 Å². The summed E-state index contributed by atoms with van der Waals surface area (Å²) in [5, 5.41) is 0.707. The zero-order valence-electron chi connectivity index (χ0n) is 11.8. The summed E-state index contributed by atoms with van der Waals surface area (Å²) in [5.74, 6) is 1.66. The van der Waals surface area contributed by atoms with Crippen molar-refractivity contribution in [2.75, 3.05) is 0 Å². The van der Waals surface area contributed by atoms with Crippen LogP contribution in [0, 0.1) is 11.8 Å². The number of fused-ring (bicyclic) bond motifs is 3. The number of aryl methyl sites for hydroxylation is 1. The molecule has 2 heteroatoms. The Bertz CT molecular complexity index is 706. The summed E-state index contributed by atoms with van der Waals surface area (Å²) >= 11 is 6.00. The Morgan fingerprint density at radius 1 is 1.14 bits per heavy atom. The fourth-order valence-corrected chi connectivity index (χ4v) is 4.18. The van der Waals surface area contributed by atoms with Crippen LogP contribution in [-0.4, -0.2) is 5.78 Å². The van der Waals surface area contributed by atoms with Crippen molar-refractivity contribution in [3.05, 3.63) is 70.2 Å². The molecular formula is C19H17ClO. The molecule has 2 aromatic rings. The third-order valence-corrected chi connectivity index (χ3v) is 5.20. The van der Waals surface area contributed by atoms with Crippen molar-refractivity contribution in [1.29, 1.82) is 0 Å². The number of halogens is 1. The van der Waals surface area contributed by atoms with E-state index in [1.807, 2.05) is 24.3 Å². The Kier molecular flexibility index (Phi) is 3.11. The van der Waals surface area contributed by atoms with Crippen molar-refractivity contribution in [3.63, 3.8) is 0 Å². The number of Topliss-reactive ketones (excluding diaryl/α,β-unsaturated/α-hetero) is 1. The second kappa shape index (κ2) is 4.99. The van der Waals surface area contributed by atoms with Crippen LogP contribution in [0.2, 0.25) is 5.02 Å². The van der Waals surface area contributed by atoms with E-state index in [1.54, 1.807) is 0 Å². The quantitative estimate of drug-likeness (QED) is 0.819. The molecule has 0 aliphatic heterocycles. The van der Waals surface area contributed by atoms with Gasteiger partial charge in [0, 0.05) is 17.4 Å². The molecule has 21 heavy (non-hydrogen) atoms. The summed E-state index contributed by atoms with van der Waals surface area (Å²) in [7, 11) is 0. The predicted octanol–water partition coefficient (Wildman–Crippen LogP) is 4.43. The highest BCUT2D eigenvalue weighted by molar-refractivity contribution is 6.30. The summed E-state index contributed by atoms with van der Waals surface area (Å²) in [6.07, 6.45) is 2.80. The van der Waals surface area contributed by atoms with Gasteiger partial charge in [0.05, 0.1) is 0 Å². The first-order chi connectivity index (χ1) is 10.2. The predicted molar refractivity (Wildman–Crippen MR) is 84.6 cm³/mol. The van der Waals surface area contributed by atoms with E-state index in [2.05, 4.69) is 24.3 Å². The Morgan fingerprint density at radius 3 is 2.86 bits per heavy atom. The number of hydrogen-bond acceptors (Lipinski definition) is 1. The maximum Gasteiger partial charge on any atom is 0.141 e. The molecule has 0 spiro atoms. The Balaban J connectivity index is 1.53. The van der Waals surface area contributed by atoms with E-state index in [1.165, 1.54) is 11.1 Å². The van der Waals surface area contributed by atoms with Gasteiger partial charge in [0.25, 0.3) is 0 Å². The van der Waals surface area contributed by atoms with Gasteiger partial charge in [0.1, 0.15) is 5.78 Å². The summed E-state index contributed by atoms with van der Waals surface area (Å²) in [4.78, 5) is 12.6. The molecule has 106 valence electrons. The molecule has 1 nitrogen and oxygen atoms in total. The summed E-state index contributed by atoms with van der Waals surface area (Å²) in [6, 6.07) is 16.3. The topological polar surface area (TPSA) is 17.1 Å². The molecule has 0 bridgehead atoms. The van der Waals surface area contributed by atoms with Gasteiger partial charge < -0.3 is 0 Å². The average Bonchev–Trinajstić information content (AvgIpc) is 3.22. The minimum atomic E-state index is 0.229. The molecule has 0 N–H and O–H groups in total. The monoisotopic (exact) mass is 296 g/mol. The van der Waals surface area contributed by atoms with Gasteiger partial charge in [-0.1, -0.05) is 48.0 Å². The van der Waals surface area contributed by atoms with Crippen molar-refractivity contribution < 1.29 is 4.79 Å². The third-order valence-electron chi connectivity index (χ3n) is 4.97. The molecule has 1 fully saturated rings. The highest BCUT2D eigenvalue weighted by Gasteiger charge is 2.56. The van der Waals surface area contributed by atoms with Crippen molar-refractivity contribution >= 4 is 17.4 Å².